The van der Waals surface area contributed by atoms with Crippen LogP contribution in [0.4, 0.5) is 0 Å². The van der Waals surface area contributed by atoms with E-state index in [9.17, 15) is 0 Å². The molecule has 0 saturated heterocycles. The summed E-state index contributed by atoms with van der Waals surface area (Å²) in [6.07, 6.45) is 4.15. The summed E-state index contributed by atoms with van der Waals surface area (Å²) in [5.74, 6) is 0.798. The van der Waals surface area contributed by atoms with Gasteiger partial charge in [0.2, 0.25) is 0 Å². The van der Waals surface area contributed by atoms with Crippen molar-refractivity contribution < 1.29 is 4.74 Å². The van der Waals surface area contributed by atoms with E-state index in [0.29, 0.717) is 5.02 Å². The summed E-state index contributed by atoms with van der Waals surface area (Å²) in [6, 6.07) is 9.37. The largest absolute Gasteiger partial charge is 0.484 e. The van der Waals surface area contributed by atoms with E-state index in [4.69, 9.17) is 22.1 Å². The van der Waals surface area contributed by atoms with E-state index in [-0.39, 0.29) is 12.1 Å². The maximum absolute atomic E-state index is 6.20. The standard InChI is InChI=1S/C16H19ClN2O/c1-3-14(18)16(12-5-4-8-19-10-12)20-15-7-6-13(17)9-11(15)2/h4-10,14,16H,3,18H2,1-2H3. The molecule has 0 saturated carbocycles. The molecule has 0 aliphatic heterocycles. The van der Waals surface area contributed by atoms with Crippen molar-refractivity contribution in [3.8, 4) is 5.75 Å². The lowest BCUT2D eigenvalue weighted by Gasteiger charge is -2.25. The lowest BCUT2D eigenvalue weighted by molar-refractivity contribution is 0.169. The highest BCUT2D eigenvalue weighted by Gasteiger charge is 2.21. The Labute approximate surface area is 124 Å². The monoisotopic (exact) mass is 290 g/mol. The molecular weight excluding hydrogens is 272 g/mol. The number of pyridine rings is 1. The van der Waals surface area contributed by atoms with Gasteiger partial charge in [-0.1, -0.05) is 24.6 Å². The summed E-state index contributed by atoms with van der Waals surface area (Å²) >= 11 is 5.97. The number of ether oxygens (including phenoxy) is 1. The zero-order valence-electron chi connectivity index (χ0n) is 11.7. The molecule has 3 nitrogen and oxygen atoms in total. The predicted molar refractivity (Wildman–Crippen MR) is 82.1 cm³/mol. The summed E-state index contributed by atoms with van der Waals surface area (Å²) in [5, 5.41) is 0.701. The third-order valence-corrected chi connectivity index (χ3v) is 3.50. The second-order valence-corrected chi connectivity index (χ2v) is 5.24. The zero-order chi connectivity index (χ0) is 14.5. The summed E-state index contributed by atoms with van der Waals surface area (Å²) < 4.78 is 6.12. The average Bonchev–Trinajstić information content (AvgIpc) is 2.46. The Balaban J connectivity index is 2.29. The van der Waals surface area contributed by atoms with Crippen LogP contribution in [0.2, 0.25) is 5.02 Å². The van der Waals surface area contributed by atoms with Gasteiger partial charge in [-0.05, 0) is 43.2 Å². The van der Waals surface area contributed by atoms with Crippen molar-refractivity contribution in [2.24, 2.45) is 5.73 Å². The lowest BCUT2D eigenvalue weighted by Crippen LogP contribution is -2.31. The molecule has 0 spiro atoms. The van der Waals surface area contributed by atoms with Crippen molar-refractivity contribution in [2.45, 2.75) is 32.4 Å². The molecule has 0 bridgehead atoms. The number of nitrogens with two attached hydrogens (primary N) is 1. The highest BCUT2D eigenvalue weighted by molar-refractivity contribution is 6.30. The van der Waals surface area contributed by atoms with E-state index in [2.05, 4.69) is 4.98 Å². The highest BCUT2D eigenvalue weighted by Crippen LogP contribution is 2.29. The molecule has 106 valence electrons. The van der Waals surface area contributed by atoms with Crippen LogP contribution in [-0.2, 0) is 0 Å². The Morgan fingerprint density at radius 1 is 1.35 bits per heavy atom. The van der Waals surface area contributed by atoms with Crippen molar-refractivity contribution in [3.05, 3.63) is 58.9 Å². The fourth-order valence-corrected chi connectivity index (χ4v) is 2.27. The molecule has 2 atom stereocenters. The minimum absolute atomic E-state index is 0.0886. The third kappa shape index (κ3) is 3.50. The number of aryl methyl sites for hydroxylation is 1. The minimum Gasteiger partial charge on any atom is -0.484 e. The first-order valence-corrected chi connectivity index (χ1v) is 7.08. The third-order valence-electron chi connectivity index (χ3n) is 3.26. The van der Waals surface area contributed by atoms with Crippen molar-refractivity contribution in [1.29, 1.82) is 0 Å². The van der Waals surface area contributed by atoms with Gasteiger partial charge in [0.25, 0.3) is 0 Å². The Morgan fingerprint density at radius 2 is 2.15 bits per heavy atom. The van der Waals surface area contributed by atoms with Gasteiger partial charge in [0, 0.05) is 29.0 Å². The van der Waals surface area contributed by atoms with Gasteiger partial charge in [-0.25, -0.2) is 0 Å². The molecule has 1 aromatic heterocycles. The molecule has 0 aliphatic rings. The van der Waals surface area contributed by atoms with Crippen LogP contribution >= 0.6 is 11.6 Å². The van der Waals surface area contributed by atoms with Crippen molar-refractivity contribution >= 4 is 11.6 Å². The summed E-state index contributed by atoms with van der Waals surface area (Å²) in [4.78, 5) is 4.14. The normalized spacial score (nSPS) is 13.8. The number of aromatic nitrogens is 1. The van der Waals surface area contributed by atoms with Crippen LogP contribution in [0.5, 0.6) is 5.75 Å². The summed E-state index contributed by atoms with van der Waals surface area (Å²) in [5.41, 5.74) is 8.18. The van der Waals surface area contributed by atoms with Crippen LogP contribution < -0.4 is 10.5 Å². The number of hydrogen-bond donors (Lipinski definition) is 1. The molecular formula is C16H19ClN2O. The molecule has 2 rings (SSSR count). The first kappa shape index (κ1) is 14.8. The smallest absolute Gasteiger partial charge is 0.140 e. The van der Waals surface area contributed by atoms with E-state index >= 15 is 0 Å². The molecule has 2 aromatic rings. The zero-order valence-corrected chi connectivity index (χ0v) is 12.5. The van der Waals surface area contributed by atoms with E-state index in [1.165, 1.54) is 0 Å². The van der Waals surface area contributed by atoms with E-state index < -0.39 is 0 Å². The quantitative estimate of drug-likeness (QED) is 0.908. The Kier molecular flexibility index (Phi) is 4.99. The lowest BCUT2D eigenvalue weighted by atomic mass is 10.0. The Bertz CT molecular complexity index is 560. The second-order valence-electron chi connectivity index (χ2n) is 4.81. The number of hydrogen-bond acceptors (Lipinski definition) is 3. The van der Waals surface area contributed by atoms with Crippen LogP contribution in [0.3, 0.4) is 0 Å². The first-order valence-electron chi connectivity index (χ1n) is 6.70. The fourth-order valence-electron chi connectivity index (χ4n) is 2.04. The van der Waals surface area contributed by atoms with Crippen LogP contribution in [-0.4, -0.2) is 11.0 Å². The molecule has 0 aliphatic carbocycles. The van der Waals surface area contributed by atoms with Gasteiger partial charge in [0.1, 0.15) is 11.9 Å². The molecule has 2 unspecified atom stereocenters. The van der Waals surface area contributed by atoms with Gasteiger partial charge in [0.05, 0.1) is 0 Å². The van der Waals surface area contributed by atoms with E-state index in [0.717, 1.165) is 23.3 Å². The molecule has 4 heteroatoms. The number of rotatable bonds is 5. The summed E-state index contributed by atoms with van der Waals surface area (Å²) in [7, 11) is 0. The van der Waals surface area contributed by atoms with E-state index in [1.807, 2.05) is 44.2 Å². The molecule has 20 heavy (non-hydrogen) atoms. The number of benzene rings is 1. The van der Waals surface area contributed by atoms with Gasteiger partial charge in [-0.2, -0.15) is 0 Å². The van der Waals surface area contributed by atoms with Gasteiger partial charge < -0.3 is 10.5 Å². The Morgan fingerprint density at radius 3 is 2.75 bits per heavy atom. The van der Waals surface area contributed by atoms with Crippen molar-refractivity contribution in [2.75, 3.05) is 0 Å². The van der Waals surface area contributed by atoms with Gasteiger partial charge in [-0.15, -0.1) is 0 Å². The number of halogens is 1. The van der Waals surface area contributed by atoms with Crippen LogP contribution in [0, 0.1) is 6.92 Å². The topological polar surface area (TPSA) is 48.1 Å². The number of nitrogens with zero attached hydrogens (tertiary/aromatic N) is 1. The molecule has 0 fully saturated rings. The van der Waals surface area contributed by atoms with Gasteiger partial charge in [-0.3, -0.25) is 4.98 Å². The van der Waals surface area contributed by atoms with Gasteiger partial charge in [0.15, 0.2) is 0 Å². The SMILES string of the molecule is CCC(N)C(Oc1ccc(Cl)cc1C)c1cccnc1. The molecule has 0 amide bonds. The van der Waals surface area contributed by atoms with E-state index in [1.54, 1.807) is 12.4 Å². The second kappa shape index (κ2) is 6.73. The maximum atomic E-state index is 6.20. The van der Waals surface area contributed by atoms with Crippen LogP contribution in [0.15, 0.2) is 42.7 Å². The average molecular weight is 291 g/mol. The van der Waals surface area contributed by atoms with Gasteiger partial charge >= 0.3 is 0 Å². The Hall–Kier alpha value is -1.58. The maximum Gasteiger partial charge on any atom is 0.140 e. The van der Waals surface area contributed by atoms with Crippen LogP contribution in [0.25, 0.3) is 0 Å². The minimum atomic E-state index is -0.214. The summed E-state index contributed by atoms with van der Waals surface area (Å²) in [6.45, 7) is 4.02. The predicted octanol–water partition coefficient (Wildman–Crippen LogP) is 3.90. The van der Waals surface area contributed by atoms with Crippen molar-refractivity contribution in [1.82, 2.24) is 4.98 Å². The molecule has 1 heterocycles. The molecule has 2 N–H and O–H groups in total. The first-order chi connectivity index (χ1) is 9.61. The molecule has 1 aromatic carbocycles. The van der Waals surface area contributed by atoms with Crippen LogP contribution in [0.1, 0.15) is 30.6 Å². The fraction of sp³-hybridized carbons (Fsp3) is 0.312. The van der Waals surface area contributed by atoms with Crippen molar-refractivity contribution in [3.63, 3.8) is 0 Å². The molecule has 0 radical (unpaired) electrons. The highest BCUT2D eigenvalue weighted by atomic mass is 35.5.